The summed E-state index contributed by atoms with van der Waals surface area (Å²) < 4.78 is 98.7. The van der Waals surface area contributed by atoms with Gasteiger partial charge in [0.1, 0.15) is 22.9 Å². The molecule has 34 heavy (non-hydrogen) atoms. The van der Waals surface area contributed by atoms with Gasteiger partial charge in [0, 0.05) is 12.1 Å². The monoisotopic (exact) mass is 492 g/mol. The van der Waals surface area contributed by atoms with Crippen LogP contribution in [0.15, 0.2) is 36.4 Å². The van der Waals surface area contributed by atoms with Gasteiger partial charge in [-0.25, -0.2) is 8.78 Å². The fourth-order valence-corrected chi connectivity index (χ4v) is 4.50. The second kappa shape index (κ2) is 11.5. The number of rotatable bonds is 8. The van der Waals surface area contributed by atoms with Crippen LogP contribution in [0.2, 0.25) is 0 Å². The molecule has 0 saturated heterocycles. The zero-order valence-corrected chi connectivity index (χ0v) is 18.3. The van der Waals surface area contributed by atoms with E-state index in [1.165, 1.54) is 37.8 Å². The highest BCUT2D eigenvalue weighted by molar-refractivity contribution is 5.34. The van der Waals surface area contributed by atoms with Crippen LogP contribution in [0.25, 0.3) is 0 Å². The highest BCUT2D eigenvalue weighted by Crippen LogP contribution is 2.40. The molecule has 0 aliphatic heterocycles. The number of benzene rings is 2. The molecule has 0 radical (unpaired) electrons. The van der Waals surface area contributed by atoms with Crippen molar-refractivity contribution in [3.05, 3.63) is 64.7 Å². The largest absolute Gasteiger partial charge is 0.429 e. The molecular formula is C26H31F7O. The smallest absolute Gasteiger partial charge is 0.426 e. The van der Waals surface area contributed by atoms with Gasteiger partial charge in [-0.3, -0.25) is 0 Å². The number of alkyl halides is 5. The second-order valence-corrected chi connectivity index (χ2v) is 8.71. The van der Waals surface area contributed by atoms with Crippen molar-refractivity contribution in [3.63, 3.8) is 0 Å². The number of unbranched alkanes of at least 4 members (excludes halogenated alkanes) is 2. The molecule has 0 bridgehead atoms. The number of hydrogen-bond acceptors (Lipinski definition) is 1. The van der Waals surface area contributed by atoms with E-state index in [2.05, 4.69) is 11.7 Å². The Morgan fingerprint density at radius 3 is 1.91 bits per heavy atom. The molecule has 0 N–H and O–H groups in total. The van der Waals surface area contributed by atoms with Crippen molar-refractivity contribution in [1.29, 1.82) is 0 Å². The molecule has 1 nitrogen and oxygen atoms in total. The van der Waals surface area contributed by atoms with Crippen LogP contribution < -0.4 is 4.74 Å². The van der Waals surface area contributed by atoms with Crippen LogP contribution in [-0.4, -0.2) is 0 Å². The summed E-state index contributed by atoms with van der Waals surface area (Å²) >= 11 is 0. The van der Waals surface area contributed by atoms with Crippen LogP contribution in [-0.2, 0) is 12.3 Å². The summed E-state index contributed by atoms with van der Waals surface area (Å²) in [5, 5.41) is 0. The van der Waals surface area contributed by atoms with Crippen LogP contribution in [0.5, 0.6) is 5.75 Å². The molecule has 8 heteroatoms. The van der Waals surface area contributed by atoms with Gasteiger partial charge in [-0.1, -0.05) is 52.2 Å². The van der Waals surface area contributed by atoms with E-state index in [1.54, 1.807) is 12.1 Å². The van der Waals surface area contributed by atoms with E-state index in [4.69, 9.17) is 0 Å². The lowest BCUT2D eigenvalue weighted by molar-refractivity contribution is -0.185. The number of halogens is 7. The van der Waals surface area contributed by atoms with Crippen LogP contribution >= 0.6 is 0 Å². The van der Waals surface area contributed by atoms with E-state index in [9.17, 15) is 30.7 Å². The third kappa shape index (κ3) is 6.89. The minimum absolute atomic E-state index is 0. The van der Waals surface area contributed by atoms with Crippen molar-refractivity contribution in [2.45, 2.75) is 83.9 Å². The topological polar surface area (TPSA) is 9.23 Å². The van der Waals surface area contributed by atoms with Gasteiger partial charge in [0.05, 0.1) is 5.56 Å². The van der Waals surface area contributed by atoms with Crippen LogP contribution in [0.3, 0.4) is 0 Å². The Kier molecular flexibility index (Phi) is 9.43. The van der Waals surface area contributed by atoms with Gasteiger partial charge in [0.25, 0.3) is 0 Å². The van der Waals surface area contributed by atoms with Crippen molar-refractivity contribution >= 4 is 0 Å². The Hall–Kier alpha value is -2.25. The minimum atomic E-state index is -5.29. The Morgan fingerprint density at radius 1 is 0.853 bits per heavy atom. The zero-order valence-electron chi connectivity index (χ0n) is 18.3. The molecule has 0 aromatic heterocycles. The molecule has 3 rings (SSSR count). The predicted molar refractivity (Wildman–Crippen MR) is 118 cm³/mol. The third-order valence-electron chi connectivity index (χ3n) is 6.33. The quantitative estimate of drug-likeness (QED) is 0.263. The maximum atomic E-state index is 14.5. The van der Waals surface area contributed by atoms with Crippen molar-refractivity contribution in [2.24, 2.45) is 5.92 Å². The number of hydrogen-bond donors (Lipinski definition) is 0. The average Bonchev–Trinajstić information content (AvgIpc) is 2.73. The molecule has 0 heterocycles. The maximum Gasteiger partial charge on any atom is 0.426 e. The Bertz CT molecular complexity index is 891. The van der Waals surface area contributed by atoms with Gasteiger partial charge in [0.2, 0.25) is 0 Å². The third-order valence-corrected chi connectivity index (χ3v) is 6.33. The molecule has 1 aliphatic rings. The Morgan fingerprint density at radius 2 is 1.41 bits per heavy atom. The molecular weight excluding hydrogens is 461 g/mol. The summed E-state index contributed by atoms with van der Waals surface area (Å²) in [7, 11) is 0. The maximum absolute atomic E-state index is 14.5. The molecule has 2 aromatic rings. The first-order chi connectivity index (χ1) is 15.5. The SMILES string of the molecule is C.CCCCCC1CCC(c2ccc(C(F)(F)Oc3cc(F)c(C(F)(F)F)c(F)c3)cc2)CC1. The lowest BCUT2D eigenvalue weighted by Crippen LogP contribution is -2.22. The van der Waals surface area contributed by atoms with Crippen LogP contribution in [0.4, 0.5) is 30.7 Å². The molecule has 0 amide bonds. The van der Waals surface area contributed by atoms with Crippen molar-refractivity contribution in [3.8, 4) is 5.75 Å². The van der Waals surface area contributed by atoms with Gasteiger partial charge in [-0.05, 0) is 55.2 Å². The standard InChI is InChI=1S/C25H27F7O.CH4/c1-2-3-4-5-16-6-8-17(9-7-16)18-10-12-19(13-11-18)25(31,32)33-20-14-21(26)23(22(27)15-20)24(28,29)30;/h10-17H,2-9H2,1H3;1H4. The van der Waals surface area contributed by atoms with Crippen molar-refractivity contribution in [1.82, 2.24) is 0 Å². The predicted octanol–water partition coefficient (Wildman–Crippen LogP) is 9.60. The Labute approximate surface area is 196 Å². The molecule has 0 atom stereocenters. The first kappa shape index (κ1) is 28.0. The second-order valence-electron chi connectivity index (χ2n) is 8.71. The molecule has 1 saturated carbocycles. The van der Waals surface area contributed by atoms with E-state index in [-0.39, 0.29) is 25.5 Å². The summed E-state index contributed by atoms with van der Waals surface area (Å²) in [6, 6.07) is 5.74. The molecule has 0 spiro atoms. The summed E-state index contributed by atoms with van der Waals surface area (Å²) in [6.07, 6.45) is -0.159. The summed E-state index contributed by atoms with van der Waals surface area (Å²) in [4.78, 5) is 0. The Balaban J connectivity index is 0.00000408. The van der Waals surface area contributed by atoms with Gasteiger partial charge >= 0.3 is 12.3 Å². The van der Waals surface area contributed by atoms with Crippen molar-refractivity contribution < 1.29 is 35.5 Å². The van der Waals surface area contributed by atoms with Gasteiger partial charge in [-0.2, -0.15) is 22.0 Å². The van der Waals surface area contributed by atoms with E-state index in [0.29, 0.717) is 5.92 Å². The minimum Gasteiger partial charge on any atom is -0.429 e. The molecule has 1 fully saturated rings. The zero-order chi connectivity index (χ0) is 24.2. The molecule has 190 valence electrons. The molecule has 1 aliphatic carbocycles. The highest BCUT2D eigenvalue weighted by atomic mass is 19.4. The fraction of sp³-hybridized carbons (Fsp3) is 0.538. The van der Waals surface area contributed by atoms with Crippen molar-refractivity contribution in [2.75, 3.05) is 0 Å². The highest BCUT2D eigenvalue weighted by Gasteiger charge is 2.40. The van der Waals surface area contributed by atoms with Crippen LogP contribution in [0.1, 0.15) is 88.3 Å². The van der Waals surface area contributed by atoms with E-state index in [1.807, 2.05) is 0 Å². The number of ether oxygens (including phenoxy) is 1. The summed E-state index contributed by atoms with van der Waals surface area (Å²) in [6.45, 7) is 2.18. The van der Waals surface area contributed by atoms with Gasteiger partial charge in [-0.15, -0.1) is 0 Å². The fourth-order valence-electron chi connectivity index (χ4n) is 4.50. The van der Waals surface area contributed by atoms with Gasteiger partial charge < -0.3 is 4.74 Å². The lowest BCUT2D eigenvalue weighted by atomic mass is 9.77. The normalized spacial score (nSPS) is 18.9. The van der Waals surface area contributed by atoms with E-state index >= 15 is 0 Å². The first-order valence-corrected chi connectivity index (χ1v) is 11.2. The molecule has 2 aromatic carbocycles. The van der Waals surface area contributed by atoms with E-state index < -0.39 is 40.8 Å². The summed E-state index contributed by atoms with van der Waals surface area (Å²) in [5.74, 6) is -4.07. The lowest BCUT2D eigenvalue weighted by Gasteiger charge is -2.29. The summed E-state index contributed by atoms with van der Waals surface area (Å²) in [5.41, 5.74) is -1.77. The van der Waals surface area contributed by atoms with Crippen LogP contribution in [0, 0.1) is 17.6 Å². The van der Waals surface area contributed by atoms with Gasteiger partial charge in [0.15, 0.2) is 0 Å². The molecule has 0 unspecified atom stereocenters. The average molecular weight is 493 g/mol. The van der Waals surface area contributed by atoms with E-state index in [0.717, 1.165) is 31.2 Å². The first-order valence-electron chi connectivity index (χ1n) is 11.2.